The fraction of sp³-hybridized carbons (Fsp3) is 0.346. The highest BCUT2D eigenvalue weighted by Crippen LogP contribution is 2.48. The van der Waals surface area contributed by atoms with Crippen LogP contribution in [0, 0.1) is 11.7 Å². The molecule has 3 aromatic rings. The molecule has 1 fully saturated rings. The summed E-state index contributed by atoms with van der Waals surface area (Å²) in [5.74, 6) is 0.373. The lowest BCUT2D eigenvalue weighted by atomic mass is 10.1. The maximum atomic E-state index is 13.4. The van der Waals surface area contributed by atoms with E-state index in [1.165, 1.54) is 17.7 Å². The number of benzene rings is 2. The Morgan fingerprint density at radius 1 is 1.10 bits per heavy atom. The van der Waals surface area contributed by atoms with Gasteiger partial charge in [0.05, 0.1) is 6.54 Å². The zero-order chi connectivity index (χ0) is 21.6. The monoisotopic (exact) mass is 420 g/mol. The zero-order valence-electron chi connectivity index (χ0n) is 17.9. The fourth-order valence-electron chi connectivity index (χ4n) is 4.17. The topological polar surface area (TPSA) is 34.5 Å². The van der Waals surface area contributed by atoms with E-state index in [0.717, 1.165) is 24.1 Å². The Morgan fingerprint density at radius 2 is 1.87 bits per heavy atom. The van der Waals surface area contributed by atoms with Crippen molar-refractivity contribution in [3.8, 4) is 0 Å². The number of halogens is 1. The highest BCUT2D eigenvalue weighted by Gasteiger charge is 2.45. The molecule has 5 heteroatoms. The highest BCUT2D eigenvalue weighted by atomic mass is 19.1. The number of hydrogen-bond donors (Lipinski definition) is 0. The number of ether oxygens (including phenoxy) is 1. The van der Waals surface area contributed by atoms with Crippen molar-refractivity contribution < 1.29 is 13.9 Å². The Morgan fingerprint density at radius 3 is 2.61 bits per heavy atom. The molecule has 2 atom stereocenters. The molecule has 0 unspecified atom stereocenters. The number of carbonyl (C=O) groups excluding carboxylic acids is 1. The van der Waals surface area contributed by atoms with Gasteiger partial charge in [-0.1, -0.05) is 42.5 Å². The lowest BCUT2D eigenvalue weighted by Gasteiger charge is -2.24. The maximum Gasteiger partial charge on any atom is 0.226 e. The third kappa shape index (κ3) is 5.42. The third-order valence-corrected chi connectivity index (χ3v) is 5.97. The molecule has 162 valence electrons. The normalized spacial score (nSPS) is 17.5. The van der Waals surface area contributed by atoms with Crippen LogP contribution >= 0.6 is 0 Å². The van der Waals surface area contributed by atoms with Gasteiger partial charge in [0.1, 0.15) is 5.82 Å². The van der Waals surface area contributed by atoms with E-state index >= 15 is 0 Å². The third-order valence-electron chi connectivity index (χ3n) is 5.97. The van der Waals surface area contributed by atoms with E-state index in [1.807, 2.05) is 35.4 Å². The molecule has 1 amide bonds. The summed E-state index contributed by atoms with van der Waals surface area (Å²) >= 11 is 0. The zero-order valence-corrected chi connectivity index (χ0v) is 17.9. The number of rotatable bonds is 10. The van der Waals surface area contributed by atoms with E-state index in [2.05, 4.69) is 22.8 Å². The Hall–Kier alpha value is -2.92. The van der Waals surface area contributed by atoms with Crippen LogP contribution in [0.1, 0.15) is 35.6 Å². The van der Waals surface area contributed by atoms with Gasteiger partial charge in [0.15, 0.2) is 0 Å². The molecule has 1 heterocycles. The minimum atomic E-state index is -0.233. The van der Waals surface area contributed by atoms with Gasteiger partial charge in [0.25, 0.3) is 0 Å². The Bertz CT molecular complexity index is 984. The summed E-state index contributed by atoms with van der Waals surface area (Å²) in [6, 6.07) is 20.9. The molecule has 31 heavy (non-hydrogen) atoms. The van der Waals surface area contributed by atoms with Crippen LogP contribution in [-0.4, -0.2) is 35.6 Å². The first-order valence-corrected chi connectivity index (χ1v) is 10.9. The van der Waals surface area contributed by atoms with Crippen molar-refractivity contribution in [1.82, 2.24) is 9.47 Å². The Kier molecular flexibility index (Phi) is 6.82. The van der Waals surface area contributed by atoms with Gasteiger partial charge >= 0.3 is 0 Å². The van der Waals surface area contributed by atoms with Crippen molar-refractivity contribution in [3.63, 3.8) is 0 Å². The summed E-state index contributed by atoms with van der Waals surface area (Å²) in [6.45, 7) is 2.52. The van der Waals surface area contributed by atoms with Crippen molar-refractivity contribution >= 4 is 5.91 Å². The molecular weight excluding hydrogens is 391 g/mol. The summed E-state index contributed by atoms with van der Waals surface area (Å²) in [4.78, 5) is 15.3. The molecule has 4 rings (SSSR count). The van der Waals surface area contributed by atoms with E-state index in [1.54, 1.807) is 19.2 Å². The first kappa shape index (κ1) is 21.3. The minimum Gasteiger partial charge on any atom is -0.385 e. The van der Waals surface area contributed by atoms with E-state index < -0.39 is 0 Å². The van der Waals surface area contributed by atoms with Crippen molar-refractivity contribution in [2.75, 3.05) is 20.3 Å². The Labute approximate surface area is 183 Å². The molecule has 0 radical (unpaired) electrons. The average molecular weight is 421 g/mol. The lowest BCUT2D eigenvalue weighted by Crippen LogP contribution is -2.34. The van der Waals surface area contributed by atoms with E-state index in [4.69, 9.17) is 4.74 Å². The van der Waals surface area contributed by atoms with Gasteiger partial charge in [-0.05, 0) is 54.2 Å². The molecule has 4 nitrogen and oxygen atoms in total. The van der Waals surface area contributed by atoms with Gasteiger partial charge in [0.2, 0.25) is 5.91 Å². The minimum absolute atomic E-state index is 0.0606. The van der Waals surface area contributed by atoms with E-state index in [0.29, 0.717) is 32.2 Å². The number of amides is 1. The predicted octanol–water partition coefficient (Wildman–Crippen LogP) is 4.84. The lowest BCUT2D eigenvalue weighted by molar-refractivity contribution is -0.133. The quantitative estimate of drug-likeness (QED) is 0.440. The second-order valence-electron chi connectivity index (χ2n) is 8.22. The molecule has 0 saturated heterocycles. The van der Waals surface area contributed by atoms with Gasteiger partial charge < -0.3 is 14.2 Å². The van der Waals surface area contributed by atoms with Gasteiger partial charge in [0, 0.05) is 44.6 Å². The number of methoxy groups -OCH3 is 1. The second-order valence-corrected chi connectivity index (χ2v) is 8.22. The molecule has 1 aromatic heterocycles. The number of carbonyl (C=O) groups is 1. The van der Waals surface area contributed by atoms with Crippen LogP contribution in [0.2, 0.25) is 0 Å². The first-order valence-electron chi connectivity index (χ1n) is 10.9. The average Bonchev–Trinajstić information content (AvgIpc) is 3.48. The second kappa shape index (κ2) is 9.92. The summed E-state index contributed by atoms with van der Waals surface area (Å²) in [6.07, 6.45) is 3.74. The summed E-state index contributed by atoms with van der Waals surface area (Å²) in [5, 5.41) is 0. The fourth-order valence-corrected chi connectivity index (χ4v) is 4.17. The van der Waals surface area contributed by atoms with E-state index in [9.17, 15) is 9.18 Å². The highest BCUT2D eigenvalue weighted by molar-refractivity contribution is 5.83. The summed E-state index contributed by atoms with van der Waals surface area (Å²) in [7, 11) is 1.69. The van der Waals surface area contributed by atoms with Crippen LogP contribution in [-0.2, 0) is 22.6 Å². The van der Waals surface area contributed by atoms with Crippen LogP contribution in [0.4, 0.5) is 4.39 Å². The Balaban J connectivity index is 1.45. The molecule has 0 spiro atoms. The van der Waals surface area contributed by atoms with Crippen LogP contribution in [0.15, 0.2) is 72.9 Å². The van der Waals surface area contributed by atoms with Gasteiger partial charge in [-0.2, -0.15) is 0 Å². The molecule has 1 saturated carbocycles. The molecular formula is C26H29FN2O2. The van der Waals surface area contributed by atoms with Crippen molar-refractivity contribution in [3.05, 3.63) is 95.6 Å². The molecule has 0 bridgehead atoms. The number of nitrogens with zero attached hydrogens (tertiary/aromatic N) is 2. The number of hydrogen-bond acceptors (Lipinski definition) is 2. The van der Waals surface area contributed by atoms with Crippen molar-refractivity contribution in [1.29, 1.82) is 0 Å². The van der Waals surface area contributed by atoms with Crippen LogP contribution in [0.3, 0.4) is 0 Å². The maximum absolute atomic E-state index is 13.4. The molecule has 0 N–H and O–H groups in total. The van der Waals surface area contributed by atoms with Crippen molar-refractivity contribution in [2.45, 2.75) is 31.8 Å². The number of aromatic nitrogens is 1. The largest absolute Gasteiger partial charge is 0.385 e. The smallest absolute Gasteiger partial charge is 0.226 e. The SMILES string of the molecule is COCCCN(Cc1cccn1Cc1ccc(F)cc1)C(=O)[C@@H]1C[C@@H]1c1ccccc1. The molecule has 0 aliphatic heterocycles. The van der Waals surface area contributed by atoms with Gasteiger partial charge in [-0.3, -0.25) is 4.79 Å². The standard InChI is InChI=1S/C26H29FN2O2/c1-31-16-6-15-29(26(30)25-17-24(25)21-7-3-2-4-8-21)19-23-9-5-14-28(23)18-20-10-12-22(27)13-11-20/h2-5,7-14,24-25H,6,15-19H2,1H3/t24-,25-/m1/s1. The van der Waals surface area contributed by atoms with Crippen molar-refractivity contribution in [2.24, 2.45) is 5.92 Å². The molecule has 1 aliphatic rings. The first-order chi connectivity index (χ1) is 15.2. The molecule has 1 aliphatic carbocycles. The van der Waals surface area contributed by atoms with E-state index in [-0.39, 0.29) is 17.6 Å². The van der Waals surface area contributed by atoms with Crippen LogP contribution in [0.25, 0.3) is 0 Å². The summed E-state index contributed by atoms with van der Waals surface area (Å²) < 4.78 is 20.6. The van der Waals surface area contributed by atoms with Crippen LogP contribution in [0.5, 0.6) is 0 Å². The predicted molar refractivity (Wildman–Crippen MR) is 119 cm³/mol. The van der Waals surface area contributed by atoms with Gasteiger partial charge in [-0.15, -0.1) is 0 Å². The van der Waals surface area contributed by atoms with Crippen LogP contribution < -0.4 is 0 Å². The summed E-state index contributed by atoms with van der Waals surface area (Å²) in [5.41, 5.74) is 3.35. The van der Waals surface area contributed by atoms with Gasteiger partial charge in [-0.25, -0.2) is 4.39 Å². The molecule has 2 aromatic carbocycles.